The zero-order chi connectivity index (χ0) is 26.3. The third kappa shape index (κ3) is 5.85. The standard InChI is InChI=1S/C31H30N2O5/c34-29(30(35)22-16-23(18-32-17-22)37-19-21-8-2-1-3-9-21)14-15-33-31(36)38-20-28-26-12-6-4-10-24(26)25-11-5-7-13-27(25)28/h1-13,16-18,28-30,34-35H,14-15,19-20H2,(H,33,36). The van der Waals surface area contributed by atoms with Crippen LogP contribution in [-0.4, -0.2) is 40.5 Å². The largest absolute Gasteiger partial charge is 0.487 e. The molecular formula is C31H30N2O5. The molecule has 3 aromatic carbocycles. The van der Waals surface area contributed by atoms with Crippen molar-refractivity contribution in [1.82, 2.24) is 10.3 Å². The van der Waals surface area contributed by atoms with Crippen molar-refractivity contribution in [2.75, 3.05) is 13.2 Å². The maximum atomic E-state index is 12.4. The number of alkyl carbamates (subject to hydrolysis) is 1. The van der Waals surface area contributed by atoms with Gasteiger partial charge >= 0.3 is 6.09 Å². The summed E-state index contributed by atoms with van der Waals surface area (Å²) in [5, 5.41) is 23.8. The molecule has 1 aliphatic carbocycles. The van der Waals surface area contributed by atoms with Gasteiger partial charge in [-0.25, -0.2) is 4.79 Å². The average Bonchev–Trinajstić information content (AvgIpc) is 3.29. The summed E-state index contributed by atoms with van der Waals surface area (Å²) in [6.45, 7) is 0.730. The van der Waals surface area contributed by atoms with Gasteiger partial charge in [0.2, 0.25) is 0 Å². The molecule has 0 radical (unpaired) electrons. The first-order chi connectivity index (χ1) is 18.6. The molecule has 1 amide bonds. The lowest BCUT2D eigenvalue weighted by Gasteiger charge is -2.19. The number of hydrogen-bond acceptors (Lipinski definition) is 6. The van der Waals surface area contributed by atoms with E-state index in [9.17, 15) is 15.0 Å². The summed E-state index contributed by atoms with van der Waals surface area (Å²) in [4.78, 5) is 16.5. The van der Waals surface area contributed by atoms with Crippen molar-refractivity contribution >= 4 is 6.09 Å². The number of benzene rings is 3. The van der Waals surface area contributed by atoms with Crippen LogP contribution in [0.5, 0.6) is 5.75 Å². The van der Waals surface area contributed by atoms with Crippen LogP contribution >= 0.6 is 0 Å². The summed E-state index contributed by atoms with van der Waals surface area (Å²) in [5.41, 5.74) is 6.06. The monoisotopic (exact) mass is 510 g/mol. The van der Waals surface area contributed by atoms with Gasteiger partial charge in [0.05, 0.1) is 12.3 Å². The molecule has 7 heteroatoms. The number of nitrogens with zero attached hydrogens (tertiary/aromatic N) is 1. The Morgan fingerprint density at radius 1 is 0.895 bits per heavy atom. The normalized spacial score (nSPS) is 13.7. The molecule has 5 rings (SSSR count). The van der Waals surface area contributed by atoms with Gasteiger partial charge in [-0.1, -0.05) is 78.9 Å². The van der Waals surface area contributed by atoms with Gasteiger partial charge in [-0.2, -0.15) is 0 Å². The van der Waals surface area contributed by atoms with Crippen molar-refractivity contribution in [2.45, 2.75) is 31.2 Å². The summed E-state index contributed by atoms with van der Waals surface area (Å²) < 4.78 is 11.3. The van der Waals surface area contributed by atoms with E-state index < -0.39 is 18.3 Å². The highest BCUT2D eigenvalue weighted by Crippen LogP contribution is 2.44. The molecule has 194 valence electrons. The van der Waals surface area contributed by atoms with E-state index in [1.54, 1.807) is 12.3 Å². The number of aliphatic hydroxyl groups excluding tert-OH is 2. The number of rotatable bonds is 10. The smallest absolute Gasteiger partial charge is 0.407 e. The molecule has 1 heterocycles. The first kappa shape index (κ1) is 25.4. The molecular weight excluding hydrogens is 480 g/mol. The minimum Gasteiger partial charge on any atom is -0.487 e. The maximum Gasteiger partial charge on any atom is 0.407 e. The number of nitrogens with one attached hydrogen (secondary N) is 1. The number of fused-ring (bicyclic) bond motifs is 3. The molecule has 0 spiro atoms. The molecule has 4 aromatic rings. The second kappa shape index (κ2) is 11.9. The van der Waals surface area contributed by atoms with Gasteiger partial charge in [0, 0.05) is 24.2 Å². The number of aromatic nitrogens is 1. The van der Waals surface area contributed by atoms with Crippen molar-refractivity contribution in [3.8, 4) is 16.9 Å². The Hall–Kier alpha value is -4.20. The summed E-state index contributed by atoms with van der Waals surface area (Å²) in [5.74, 6) is 0.471. The Labute approximate surface area is 221 Å². The number of ether oxygens (including phenoxy) is 2. The molecule has 38 heavy (non-hydrogen) atoms. The molecule has 0 saturated heterocycles. The van der Waals surface area contributed by atoms with Crippen LogP contribution in [0.25, 0.3) is 11.1 Å². The Morgan fingerprint density at radius 2 is 1.55 bits per heavy atom. The van der Waals surface area contributed by atoms with E-state index in [-0.39, 0.29) is 25.5 Å². The molecule has 1 aromatic heterocycles. The summed E-state index contributed by atoms with van der Waals surface area (Å²) >= 11 is 0. The third-order valence-electron chi connectivity index (χ3n) is 6.74. The highest BCUT2D eigenvalue weighted by atomic mass is 16.5. The number of carbonyl (C=O) groups is 1. The van der Waals surface area contributed by atoms with Crippen molar-refractivity contribution in [3.63, 3.8) is 0 Å². The van der Waals surface area contributed by atoms with Gasteiger partial charge in [-0.3, -0.25) is 4.98 Å². The maximum absolute atomic E-state index is 12.4. The van der Waals surface area contributed by atoms with E-state index in [1.165, 1.54) is 17.3 Å². The molecule has 0 fully saturated rings. The molecule has 0 saturated carbocycles. The van der Waals surface area contributed by atoms with Crippen LogP contribution in [0.15, 0.2) is 97.3 Å². The van der Waals surface area contributed by atoms with E-state index >= 15 is 0 Å². The van der Waals surface area contributed by atoms with Gasteiger partial charge < -0.3 is 25.0 Å². The molecule has 7 nitrogen and oxygen atoms in total. The molecule has 2 atom stereocenters. The molecule has 1 aliphatic rings. The van der Waals surface area contributed by atoms with Crippen molar-refractivity contribution in [2.24, 2.45) is 0 Å². The number of amides is 1. The van der Waals surface area contributed by atoms with Crippen molar-refractivity contribution < 1.29 is 24.5 Å². The number of carbonyl (C=O) groups excluding carboxylic acids is 1. The minimum absolute atomic E-state index is 0.0237. The molecule has 0 bridgehead atoms. The first-order valence-corrected chi connectivity index (χ1v) is 12.7. The second-order valence-corrected chi connectivity index (χ2v) is 9.28. The van der Waals surface area contributed by atoms with Crippen LogP contribution in [0.2, 0.25) is 0 Å². The van der Waals surface area contributed by atoms with E-state index in [0.29, 0.717) is 17.9 Å². The van der Waals surface area contributed by atoms with Crippen LogP contribution in [0.3, 0.4) is 0 Å². The summed E-state index contributed by atoms with van der Waals surface area (Å²) in [7, 11) is 0. The van der Waals surface area contributed by atoms with Crippen molar-refractivity contribution in [3.05, 3.63) is 120 Å². The fraction of sp³-hybridized carbons (Fsp3) is 0.226. The average molecular weight is 511 g/mol. The highest BCUT2D eigenvalue weighted by Gasteiger charge is 2.29. The fourth-order valence-corrected chi connectivity index (χ4v) is 4.77. The van der Waals surface area contributed by atoms with Gasteiger partial charge in [-0.05, 0) is 40.3 Å². The lowest BCUT2D eigenvalue weighted by molar-refractivity contribution is 0.0133. The van der Waals surface area contributed by atoms with Crippen molar-refractivity contribution in [1.29, 1.82) is 0 Å². The topological polar surface area (TPSA) is 101 Å². The van der Waals surface area contributed by atoms with E-state index in [0.717, 1.165) is 16.7 Å². The number of pyridine rings is 1. The third-order valence-corrected chi connectivity index (χ3v) is 6.74. The summed E-state index contributed by atoms with van der Waals surface area (Å²) in [6.07, 6.45) is 0.348. The SMILES string of the molecule is O=C(NCCC(O)C(O)c1cncc(OCc2ccccc2)c1)OCC1c2ccccc2-c2ccccc21. The van der Waals surface area contributed by atoms with Crippen LogP contribution in [0.1, 0.15) is 40.7 Å². The van der Waals surface area contributed by atoms with Crippen LogP contribution < -0.4 is 10.1 Å². The zero-order valence-corrected chi connectivity index (χ0v) is 20.9. The Bertz CT molecular complexity index is 1330. The van der Waals surface area contributed by atoms with E-state index in [1.807, 2.05) is 54.6 Å². The predicted octanol–water partition coefficient (Wildman–Crippen LogP) is 4.98. The molecule has 0 aliphatic heterocycles. The Morgan fingerprint density at radius 3 is 2.26 bits per heavy atom. The van der Waals surface area contributed by atoms with E-state index in [2.05, 4.69) is 34.6 Å². The Balaban J connectivity index is 1.09. The fourth-order valence-electron chi connectivity index (χ4n) is 4.77. The van der Waals surface area contributed by atoms with Gasteiger partial charge in [0.25, 0.3) is 0 Å². The minimum atomic E-state index is -1.17. The van der Waals surface area contributed by atoms with Gasteiger partial charge in [-0.15, -0.1) is 0 Å². The summed E-state index contributed by atoms with van der Waals surface area (Å²) in [6, 6.07) is 27.7. The first-order valence-electron chi connectivity index (χ1n) is 12.7. The van der Waals surface area contributed by atoms with Gasteiger partial charge in [0.15, 0.2) is 0 Å². The second-order valence-electron chi connectivity index (χ2n) is 9.28. The lowest BCUT2D eigenvalue weighted by atomic mass is 9.98. The quantitative estimate of drug-likeness (QED) is 0.278. The molecule has 2 unspecified atom stereocenters. The predicted molar refractivity (Wildman–Crippen MR) is 144 cm³/mol. The zero-order valence-electron chi connectivity index (χ0n) is 20.9. The lowest BCUT2D eigenvalue weighted by Crippen LogP contribution is -2.30. The van der Waals surface area contributed by atoms with Crippen LogP contribution in [-0.2, 0) is 11.3 Å². The Kier molecular flexibility index (Phi) is 7.97. The van der Waals surface area contributed by atoms with Gasteiger partial charge in [0.1, 0.15) is 25.1 Å². The highest BCUT2D eigenvalue weighted by molar-refractivity contribution is 5.79. The van der Waals surface area contributed by atoms with E-state index in [4.69, 9.17) is 9.47 Å². The number of hydrogen-bond donors (Lipinski definition) is 3. The van der Waals surface area contributed by atoms with Crippen LogP contribution in [0.4, 0.5) is 4.79 Å². The number of aliphatic hydroxyl groups is 2. The molecule has 3 N–H and O–H groups in total. The van der Waals surface area contributed by atoms with Crippen LogP contribution in [0, 0.1) is 0 Å².